The number of allylic oxidation sites excluding steroid dienone is 1. The molecule has 0 heterocycles. The Bertz CT molecular complexity index is 871. The summed E-state index contributed by atoms with van der Waals surface area (Å²) in [6.45, 7) is 3.79. The van der Waals surface area contributed by atoms with Crippen molar-refractivity contribution in [3.8, 4) is 5.75 Å². The third-order valence-corrected chi connectivity index (χ3v) is 4.59. The van der Waals surface area contributed by atoms with Crippen molar-refractivity contribution in [2.75, 3.05) is 27.2 Å². The van der Waals surface area contributed by atoms with E-state index in [2.05, 4.69) is 111 Å². The van der Waals surface area contributed by atoms with Gasteiger partial charge in [-0.1, -0.05) is 72.8 Å². The van der Waals surface area contributed by atoms with E-state index in [0.29, 0.717) is 6.61 Å². The summed E-state index contributed by atoms with van der Waals surface area (Å²) in [7, 11) is 4.10. The minimum Gasteiger partial charge on any atom is -0.492 e. The molecular formula is C25H28ClNO. The molecule has 0 saturated heterocycles. The molecule has 3 rings (SSSR count). The number of ether oxygens (including phenoxy) is 1. The van der Waals surface area contributed by atoms with Crippen LogP contribution in [0, 0.1) is 0 Å². The van der Waals surface area contributed by atoms with Crippen LogP contribution in [0.15, 0.2) is 84.9 Å². The second-order valence-corrected chi connectivity index (χ2v) is 6.91. The van der Waals surface area contributed by atoms with Gasteiger partial charge in [-0.2, -0.15) is 0 Å². The predicted octanol–water partition coefficient (Wildman–Crippen LogP) is 6.03. The van der Waals surface area contributed by atoms with Crippen molar-refractivity contribution in [2.24, 2.45) is 0 Å². The summed E-state index contributed by atoms with van der Waals surface area (Å²) in [5.41, 5.74) is 6.18. The molecule has 0 bridgehead atoms. The minimum atomic E-state index is 0. The van der Waals surface area contributed by atoms with Gasteiger partial charge in [-0.25, -0.2) is 0 Å². The van der Waals surface area contributed by atoms with Crippen LogP contribution in [-0.4, -0.2) is 32.1 Å². The third kappa shape index (κ3) is 5.72. The van der Waals surface area contributed by atoms with Crippen LogP contribution in [0.5, 0.6) is 5.75 Å². The second kappa shape index (κ2) is 10.7. The van der Waals surface area contributed by atoms with Crippen LogP contribution in [0.4, 0.5) is 0 Å². The fourth-order valence-electron chi connectivity index (χ4n) is 3.10. The van der Waals surface area contributed by atoms with Gasteiger partial charge >= 0.3 is 0 Å². The van der Waals surface area contributed by atoms with Gasteiger partial charge in [-0.15, -0.1) is 12.4 Å². The van der Waals surface area contributed by atoms with Gasteiger partial charge in [0.1, 0.15) is 12.4 Å². The molecule has 0 saturated carbocycles. The largest absolute Gasteiger partial charge is 0.492 e. The van der Waals surface area contributed by atoms with Crippen molar-refractivity contribution in [2.45, 2.75) is 6.92 Å². The monoisotopic (exact) mass is 393 g/mol. The van der Waals surface area contributed by atoms with Crippen LogP contribution in [0.1, 0.15) is 23.6 Å². The molecule has 0 aliphatic rings. The highest BCUT2D eigenvalue weighted by Crippen LogP contribution is 2.32. The Morgan fingerprint density at radius 3 is 1.75 bits per heavy atom. The third-order valence-electron chi connectivity index (χ3n) is 4.59. The van der Waals surface area contributed by atoms with E-state index in [1.54, 1.807) is 0 Å². The summed E-state index contributed by atoms with van der Waals surface area (Å²) in [6.07, 6.45) is 0. The average Bonchev–Trinajstić information content (AvgIpc) is 2.70. The zero-order chi connectivity index (χ0) is 19.1. The Kier molecular flexibility index (Phi) is 8.31. The van der Waals surface area contributed by atoms with Gasteiger partial charge in [0.2, 0.25) is 0 Å². The number of rotatable bonds is 7. The maximum atomic E-state index is 5.84. The Balaban J connectivity index is 0.00000280. The van der Waals surface area contributed by atoms with E-state index in [1.165, 1.54) is 27.8 Å². The molecule has 0 aliphatic carbocycles. The molecule has 28 heavy (non-hydrogen) atoms. The van der Waals surface area contributed by atoms with E-state index < -0.39 is 0 Å². The molecule has 0 aliphatic heterocycles. The van der Waals surface area contributed by atoms with Gasteiger partial charge in [0, 0.05) is 6.54 Å². The molecule has 0 atom stereocenters. The quantitative estimate of drug-likeness (QED) is 0.454. The fraction of sp³-hybridized carbons (Fsp3) is 0.200. The standard InChI is InChI=1S/C25H27NO.ClH/c1-20(21-10-6-4-7-11-21)25(22-12-8-5-9-13-22)23-14-16-24(17-15-23)27-19-18-26(2)3;/h4-17H,18-19H2,1-3H3;1H/b25-20+;. The van der Waals surface area contributed by atoms with Crippen molar-refractivity contribution in [1.82, 2.24) is 4.90 Å². The lowest BCUT2D eigenvalue weighted by atomic mass is 9.90. The van der Waals surface area contributed by atoms with Crippen LogP contribution in [0.3, 0.4) is 0 Å². The molecule has 0 unspecified atom stereocenters. The van der Waals surface area contributed by atoms with Gasteiger partial charge in [0.05, 0.1) is 0 Å². The highest BCUT2D eigenvalue weighted by Gasteiger charge is 2.10. The van der Waals surface area contributed by atoms with Crippen molar-refractivity contribution in [3.05, 3.63) is 102 Å². The zero-order valence-electron chi connectivity index (χ0n) is 16.8. The average molecular weight is 394 g/mol. The first-order chi connectivity index (χ1) is 13.1. The first-order valence-corrected chi connectivity index (χ1v) is 9.35. The molecule has 2 nitrogen and oxygen atoms in total. The fourth-order valence-corrected chi connectivity index (χ4v) is 3.10. The van der Waals surface area contributed by atoms with Crippen LogP contribution >= 0.6 is 12.4 Å². The summed E-state index contributed by atoms with van der Waals surface area (Å²) in [4.78, 5) is 2.12. The molecule has 0 aromatic heterocycles. The Labute approximate surface area is 174 Å². The van der Waals surface area contributed by atoms with E-state index >= 15 is 0 Å². The number of benzene rings is 3. The molecule has 0 N–H and O–H groups in total. The van der Waals surface area contributed by atoms with Gasteiger partial charge < -0.3 is 9.64 Å². The summed E-state index contributed by atoms with van der Waals surface area (Å²) >= 11 is 0. The van der Waals surface area contributed by atoms with Crippen LogP contribution in [0.2, 0.25) is 0 Å². The Morgan fingerprint density at radius 2 is 1.21 bits per heavy atom. The van der Waals surface area contributed by atoms with E-state index in [0.717, 1.165) is 12.3 Å². The van der Waals surface area contributed by atoms with Gasteiger partial charge in [0.25, 0.3) is 0 Å². The first-order valence-electron chi connectivity index (χ1n) is 9.35. The summed E-state index contributed by atoms with van der Waals surface area (Å²) < 4.78 is 5.84. The van der Waals surface area contributed by atoms with E-state index in [9.17, 15) is 0 Å². The minimum absolute atomic E-state index is 0. The lowest BCUT2D eigenvalue weighted by Crippen LogP contribution is -2.19. The van der Waals surface area contributed by atoms with Gasteiger partial charge in [-0.05, 0) is 61.0 Å². The van der Waals surface area contributed by atoms with Crippen molar-refractivity contribution in [1.29, 1.82) is 0 Å². The highest BCUT2D eigenvalue weighted by molar-refractivity contribution is 5.97. The van der Waals surface area contributed by atoms with Gasteiger partial charge in [0.15, 0.2) is 0 Å². The highest BCUT2D eigenvalue weighted by atomic mass is 35.5. The Hall–Kier alpha value is -2.55. The van der Waals surface area contributed by atoms with Gasteiger partial charge in [-0.3, -0.25) is 0 Å². The zero-order valence-corrected chi connectivity index (χ0v) is 17.6. The molecule has 3 aromatic carbocycles. The van der Waals surface area contributed by atoms with E-state index in [4.69, 9.17) is 4.74 Å². The van der Waals surface area contributed by atoms with Crippen LogP contribution in [0.25, 0.3) is 11.1 Å². The molecule has 146 valence electrons. The summed E-state index contributed by atoms with van der Waals surface area (Å²) in [5.74, 6) is 0.908. The van der Waals surface area contributed by atoms with Crippen molar-refractivity contribution < 1.29 is 4.74 Å². The topological polar surface area (TPSA) is 12.5 Å². The lowest BCUT2D eigenvalue weighted by molar-refractivity contribution is 0.261. The molecule has 3 heteroatoms. The smallest absolute Gasteiger partial charge is 0.119 e. The number of hydrogen-bond acceptors (Lipinski definition) is 2. The molecule has 0 spiro atoms. The maximum absolute atomic E-state index is 5.84. The summed E-state index contributed by atoms with van der Waals surface area (Å²) in [6, 6.07) is 29.6. The number of hydrogen-bond donors (Lipinski definition) is 0. The molecule has 0 radical (unpaired) electrons. The maximum Gasteiger partial charge on any atom is 0.119 e. The predicted molar refractivity (Wildman–Crippen MR) is 122 cm³/mol. The van der Waals surface area contributed by atoms with Crippen molar-refractivity contribution >= 4 is 23.6 Å². The van der Waals surface area contributed by atoms with Crippen LogP contribution in [-0.2, 0) is 0 Å². The molecule has 3 aromatic rings. The Morgan fingerprint density at radius 1 is 0.714 bits per heavy atom. The SMILES string of the molecule is C/C(=C(/c1ccccc1)c1ccc(OCCN(C)C)cc1)c1ccccc1.Cl. The summed E-state index contributed by atoms with van der Waals surface area (Å²) in [5, 5.41) is 0. The second-order valence-electron chi connectivity index (χ2n) is 6.91. The van der Waals surface area contributed by atoms with Crippen molar-refractivity contribution in [3.63, 3.8) is 0 Å². The first kappa shape index (κ1) is 21.7. The van der Waals surface area contributed by atoms with E-state index in [-0.39, 0.29) is 12.4 Å². The molecule has 0 amide bonds. The van der Waals surface area contributed by atoms with Crippen LogP contribution < -0.4 is 4.74 Å². The molecule has 0 fully saturated rings. The van der Waals surface area contributed by atoms with E-state index in [1.807, 2.05) is 0 Å². The number of likely N-dealkylation sites (N-methyl/N-ethyl adjacent to an activating group) is 1. The number of nitrogens with zero attached hydrogens (tertiary/aromatic N) is 1. The normalized spacial score (nSPS) is 11.6. The lowest BCUT2D eigenvalue weighted by Gasteiger charge is -2.15. The molecular weight excluding hydrogens is 366 g/mol. The number of halogens is 1.